The Morgan fingerprint density at radius 3 is 2.54 bits per heavy atom. The maximum absolute atomic E-state index is 12.8. The standard InChI is InChI=1S/C24H24O11/c1-29-17-9-5-4-6-11(25)13(9)16(27)14-10(17)7-12(26)15-18(14)33-23(28)20-19(15)34-24(35-20,21(30-2)31-3)22(23)8-32-22/h7,19-21,26-28H,4-6,8H2,1-3H3/t19-,20-,22-,23+,24-/m0/s1. The van der Waals surface area contributed by atoms with Crippen molar-refractivity contribution in [1.82, 2.24) is 0 Å². The summed E-state index contributed by atoms with van der Waals surface area (Å²) in [7, 11) is 4.27. The first kappa shape index (κ1) is 21.6. The first-order valence-corrected chi connectivity index (χ1v) is 11.4. The monoisotopic (exact) mass is 488 g/mol. The van der Waals surface area contributed by atoms with Gasteiger partial charge in [-0.05, 0) is 18.9 Å². The molecule has 0 saturated carbocycles. The minimum Gasteiger partial charge on any atom is -0.507 e. The lowest BCUT2D eigenvalue weighted by Crippen LogP contribution is -2.69. The fourth-order valence-electron chi connectivity index (χ4n) is 6.50. The van der Waals surface area contributed by atoms with Crippen molar-refractivity contribution < 1.29 is 53.3 Å². The number of hydrogen-bond acceptors (Lipinski definition) is 11. The maximum Gasteiger partial charge on any atom is 0.274 e. The lowest BCUT2D eigenvalue weighted by Gasteiger charge is -2.47. The highest BCUT2D eigenvalue weighted by atomic mass is 16.9. The van der Waals surface area contributed by atoms with Crippen molar-refractivity contribution in [2.24, 2.45) is 0 Å². The van der Waals surface area contributed by atoms with Crippen LogP contribution in [0.4, 0.5) is 0 Å². The third-order valence-electron chi connectivity index (χ3n) is 8.03. The number of hydrogen-bond donors (Lipinski definition) is 3. The molecule has 0 aromatic heterocycles. The quantitative estimate of drug-likeness (QED) is 0.424. The number of aromatic hydroxyl groups is 2. The van der Waals surface area contributed by atoms with Gasteiger partial charge in [-0.1, -0.05) is 0 Å². The predicted molar refractivity (Wildman–Crippen MR) is 115 cm³/mol. The molecule has 4 aliphatic heterocycles. The highest BCUT2D eigenvalue weighted by Crippen LogP contribution is 2.71. The van der Waals surface area contributed by atoms with Gasteiger partial charge < -0.3 is 48.5 Å². The van der Waals surface area contributed by atoms with Crippen molar-refractivity contribution in [3.63, 3.8) is 0 Å². The largest absolute Gasteiger partial charge is 0.507 e. The molecule has 5 aliphatic rings. The molecule has 0 unspecified atom stereocenters. The van der Waals surface area contributed by atoms with Crippen LogP contribution in [-0.2, 0) is 30.1 Å². The first-order valence-electron chi connectivity index (χ1n) is 11.4. The van der Waals surface area contributed by atoms with Crippen LogP contribution >= 0.6 is 0 Å². The Balaban J connectivity index is 1.53. The number of methoxy groups -OCH3 is 3. The van der Waals surface area contributed by atoms with Crippen molar-refractivity contribution in [2.75, 3.05) is 27.9 Å². The van der Waals surface area contributed by atoms with Crippen molar-refractivity contribution in [2.45, 2.75) is 54.9 Å². The maximum atomic E-state index is 12.8. The number of benzene rings is 2. The van der Waals surface area contributed by atoms with Gasteiger partial charge >= 0.3 is 0 Å². The van der Waals surface area contributed by atoms with Crippen LogP contribution in [0.2, 0.25) is 0 Å². The van der Waals surface area contributed by atoms with Crippen LogP contribution in [0.15, 0.2) is 6.07 Å². The van der Waals surface area contributed by atoms with Gasteiger partial charge in [0.2, 0.25) is 11.9 Å². The summed E-state index contributed by atoms with van der Waals surface area (Å²) in [4.78, 5) is 12.8. The second kappa shape index (κ2) is 6.55. The Morgan fingerprint density at radius 2 is 1.89 bits per heavy atom. The summed E-state index contributed by atoms with van der Waals surface area (Å²) in [5.41, 5.74) is -0.574. The molecule has 186 valence electrons. The van der Waals surface area contributed by atoms with E-state index in [1.165, 1.54) is 27.4 Å². The molecule has 11 heteroatoms. The van der Waals surface area contributed by atoms with E-state index < -0.39 is 35.7 Å². The minimum absolute atomic E-state index is 0.0268. The molecule has 2 bridgehead atoms. The topological polar surface area (TPSA) is 146 Å². The average Bonchev–Trinajstić information content (AvgIpc) is 3.51. The summed E-state index contributed by atoms with van der Waals surface area (Å²) < 4.78 is 40.9. The number of epoxide rings is 1. The van der Waals surface area contributed by atoms with Crippen molar-refractivity contribution in [1.29, 1.82) is 0 Å². The van der Waals surface area contributed by atoms with Crippen molar-refractivity contribution >= 4 is 16.6 Å². The summed E-state index contributed by atoms with van der Waals surface area (Å²) in [6, 6.07) is 1.44. The zero-order valence-corrected chi connectivity index (χ0v) is 19.2. The zero-order valence-electron chi connectivity index (χ0n) is 19.2. The molecule has 0 amide bonds. The molecule has 5 atom stereocenters. The van der Waals surface area contributed by atoms with Gasteiger partial charge in [0.05, 0.1) is 30.2 Å². The molecule has 1 spiro atoms. The van der Waals surface area contributed by atoms with E-state index in [1.54, 1.807) is 0 Å². The lowest BCUT2D eigenvalue weighted by atomic mass is 9.79. The number of phenols is 2. The summed E-state index contributed by atoms with van der Waals surface area (Å²) in [5.74, 6) is -4.10. The number of rotatable bonds is 4. The molecule has 1 aliphatic carbocycles. The van der Waals surface area contributed by atoms with E-state index in [0.29, 0.717) is 29.5 Å². The molecule has 35 heavy (non-hydrogen) atoms. The van der Waals surface area contributed by atoms with E-state index in [9.17, 15) is 20.1 Å². The van der Waals surface area contributed by atoms with Crippen LogP contribution in [0.1, 0.15) is 40.4 Å². The summed E-state index contributed by atoms with van der Waals surface area (Å²) >= 11 is 0. The van der Waals surface area contributed by atoms with Gasteiger partial charge in [0.15, 0.2) is 11.9 Å². The van der Waals surface area contributed by atoms with Gasteiger partial charge in [-0.3, -0.25) is 4.79 Å². The average molecular weight is 488 g/mol. The van der Waals surface area contributed by atoms with Gasteiger partial charge in [0, 0.05) is 31.6 Å². The zero-order chi connectivity index (χ0) is 24.5. The Morgan fingerprint density at radius 1 is 1.14 bits per heavy atom. The van der Waals surface area contributed by atoms with Crippen LogP contribution in [0.25, 0.3) is 10.8 Å². The van der Waals surface area contributed by atoms with E-state index in [2.05, 4.69) is 0 Å². The second-order valence-electron chi connectivity index (χ2n) is 9.54. The number of phenolic OH excluding ortho intramolecular Hbond substituents is 2. The van der Waals surface area contributed by atoms with Gasteiger partial charge in [-0.2, -0.15) is 0 Å². The second-order valence-corrected chi connectivity index (χ2v) is 9.54. The van der Waals surface area contributed by atoms with Crippen LogP contribution in [0.5, 0.6) is 23.0 Å². The molecule has 7 rings (SSSR count). The minimum atomic E-state index is -2.06. The fourth-order valence-corrected chi connectivity index (χ4v) is 6.50. The Labute approximate surface area is 199 Å². The van der Waals surface area contributed by atoms with E-state index in [1.807, 2.05) is 0 Å². The molecule has 4 heterocycles. The number of carbonyl (C=O) groups excluding carboxylic acids is 1. The van der Waals surface area contributed by atoms with E-state index in [4.69, 9.17) is 33.2 Å². The number of aliphatic hydroxyl groups is 1. The SMILES string of the molecule is COc1c2c(c(O)c3c4c(c(O)cc13)[C@@H]1O[C@@]3(C(OC)OC)O[C@@H]1[C@@](O)(O4)[C@@]31CO1)C(=O)CCC2. The van der Waals surface area contributed by atoms with Gasteiger partial charge in [0.1, 0.15) is 29.1 Å². The van der Waals surface area contributed by atoms with Crippen LogP contribution in [0.3, 0.4) is 0 Å². The summed E-state index contributed by atoms with van der Waals surface area (Å²) in [6.07, 6.45) is -1.72. The summed E-state index contributed by atoms with van der Waals surface area (Å²) in [5, 5.41) is 34.9. The van der Waals surface area contributed by atoms with Gasteiger partial charge in [-0.25, -0.2) is 0 Å². The Kier molecular flexibility index (Phi) is 4.04. The van der Waals surface area contributed by atoms with Crippen LogP contribution in [0, 0.1) is 0 Å². The molecule has 3 fully saturated rings. The number of ketones is 1. The Hall–Kier alpha value is -2.67. The molecule has 0 radical (unpaired) electrons. The van der Waals surface area contributed by atoms with Gasteiger partial charge in [0.25, 0.3) is 11.6 Å². The van der Waals surface area contributed by atoms with Crippen LogP contribution < -0.4 is 9.47 Å². The van der Waals surface area contributed by atoms with E-state index in [0.717, 1.165) is 0 Å². The van der Waals surface area contributed by atoms with Crippen LogP contribution in [-0.4, -0.2) is 78.6 Å². The number of fused-ring (bicyclic) bond motifs is 8. The first-order chi connectivity index (χ1) is 16.8. The molecule has 3 N–H and O–H groups in total. The van der Waals surface area contributed by atoms with E-state index >= 15 is 0 Å². The molecule has 11 nitrogen and oxygen atoms in total. The summed E-state index contributed by atoms with van der Waals surface area (Å²) in [6.45, 7) is 0.0329. The fraction of sp³-hybridized carbons (Fsp3) is 0.542. The highest BCUT2D eigenvalue weighted by Gasteiger charge is 2.92. The third kappa shape index (κ3) is 2.17. The molecular weight excluding hydrogens is 464 g/mol. The molecule has 2 aromatic rings. The number of ether oxygens (including phenoxy) is 7. The smallest absolute Gasteiger partial charge is 0.274 e. The number of carbonyl (C=O) groups is 1. The lowest BCUT2D eigenvalue weighted by molar-refractivity contribution is -0.344. The molecular formula is C24H24O11. The Bertz CT molecular complexity index is 1310. The third-order valence-corrected chi connectivity index (χ3v) is 8.03. The van der Waals surface area contributed by atoms with Crippen molar-refractivity contribution in [3.8, 4) is 23.0 Å². The van der Waals surface area contributed by atoms with Crippen molar-refractivity contribution in [3.05, 3.63) is 22.8 Å². The predicted octanol–water partition coefficient (Wildman–Crippen LogP) is 1.41. The molecule has 2 aromatic carbocycles. The van der Waals surface area contributed by atoms with Gasteiger partial charge in [-0.15, -0.1) is 0 Å². The molecule has 3 saturated heterocycles. The normalized spacial score (nSPS) is 36.0. The van der Waals surface area contributed by atoms with E-state index in [-0.39, 0.29) is 52.6 Å². The number of Topliss-reactive ketones (excluding diaryl/α,β-unsaturated/α-hetero) is 1. The highest BCUT2D eigenvalue weighted by molar-refractivity contribution is 6.11.